The standard InChI is InChI=1S/C18H23NO2/c1-3-12-21-17-7-5-6-15(13-17)18(19)14-8-10-16(11-9-14)20-4-2/h5-11,13,18H,3-4,12,19H2,1-2H3. The normalized spacial score (nSPS) is 12.0. The van der Waals surface area contributed by atoms with Crippen LogP contribution in [0.4, 0.5) is 0 Å². The molecule has 0 radical (unpaired) electrons. The Morgan fingerprint density at radius 1 is 0.905 bits per heavy atom. The molecule has 2 aromatic rings. The fourth-order valence-corrected chi connectivity index (χ4v) is 2.15. The molecule has 0 amide bonds. The second-order valence-electron chi connectivity index (χ2n) is 4.90. The van der Waals surface area contributed by atoms with Crippen molar-refractivity contribution in [2.75, 3.05) is 13.2 Å². The molecule has 21 heavy (non-hydrogen) atoms. The number of nitrogens with two attached hydrogens (primary N) is 1. The lowest BCUT2D eigenvalue weighted by molar-refractivity contribution is 0.317. The zero-order valence-corrected chi connectivity index (χ0v) is 12.7. The van der Waals surface area contributed by atoms with Crippen molar-refractivity contribution < 1.29 is 9.47 Å². The molecule has 0 heterocycles. The van der Waals surface area contributed by atoms with Gasteiger partial charge in [-0.2, -0.15) is 0 Å². The minimum atomic E-state index is -0.161. The third-order valence-corrected chi connectivity index (χ3v) is 3.24. The quantitative estimate of drug-likeness (QED) is 0.838. The van der Waals surface area contributed by atoms with Gasteiger partial charge < -0.3 is 15.2 Å². The Morgan fingerprint density at radius 3 is 2.33 bits per heavy atom. The van der Waals surface area contributed by atoms with Crippen LogP contribution in [0.5, 0.6) is 11.5 Å². The number of hydrogen-bond donors (Lipinski definition) is 1. The van der Waals surface area contributed by atoms with Crippen LogP contribution in [-0.4, -0.2) is 13.2 Å². The highest BCUT2D eigenvalue weighted by atomic mass is 16.5. The van der Waals surface area contributed by atoms with Gasteiger partial charge in [-0.3, -0.25) is 0 Å². The monoisotopic (exact) mass is 285 g/mol. The molecule has 3 heteroatoms. The number of benzene rings is 2. The van der Waals surface area contributed by atoms with Gasteiger partial charge in [0.2, 0.25) is 0 Å². The molecular weight excluding hydrogens is 262 g/mol. The third-order valence-electron chi connectivity index (χ3n) is 3.24. The van der Waals surface area contributed by atoms with E-state index in [4.69, 9.17) is 15.2 Å². The predicted molar refractivity (Wildman–Crippen MR) is 85.9 cm³/mol. The van der Waals surface area contributed by atoms with Gasteiger partial charge in [-0.05, 0) is 48.7 Å². The van der Waals surface area contributed by atoms with Crippen molar-refractivity contribution in [1.29, 1.82) is 0 Å². The molecule has 0 bridgehead atoms. The SMILES string of the molecule is CCCOc1cccc(C(N)c2ccc(OCC)cc2)c1. The lowest BCUT2D eigenvalue weighted by Gasteiger charge is -2.15. The van der Waals surface area contributed by atoms with Crippen LogP contribution in [-0.2, 0) is 0 Å². The van der Waals surface area contributed by atoms with E-state index >= 15 is 0 Å². The molecule has 3 nitrogen and oxygen atoms in total. The van der Waals surface area contributed by atoms with Crippen LogP contribution >= 0.6 is 0 Å². The van der Waals surface area contributed by atoms with E-state index in [1.54, 1.807) is 0 Å². The predicted octanol–water partition coefficient (Wildman–Crippen LogP) is 3.92. The third kappa shape index (κ3) is 4.23. The minimum Gasteiger partial charge on any atom is -0.494 e. The van der Waals surface area contributed by atoms with Gasteiger partial charge in [-0.25, -0.2) is 0 Å². The van der Waals surface area contributed by atoms with E-state index in [0.29, 0.717) is 6.61 Å². The van der Waals surface area contributed by atoms with E-state index in [1.165, 1.54) is 0 Å². The molecule has 0 aliphatic carbocycles. The van der Waals surface area contributed by atoms with E-state index in [-0.39, 0.29) is 6.04 Å². The largest absolute Gasteiger partial charge is 0.494 e. The molecule has 1 unspecified atom stereocenters. The molecule has 2 aromatic carbocycles. The molecule has 0 saturated heterocycles. The van der Waals surface area contributed by atoms with Gasteiger partial charge >= 0.3 is 0 Å². The van der Waals surface area contributed by atoms with Crippen LogP contribution < -0.4 is 15.2 Å². The Bertz CT molecular complexity index is 551. The summed E-state index contributed by atoms with van der Waals surface area (Å²) in [5.41, 5.74) is 8.45. The first-order chi connectivity index (χ1) is 10.2. The summed E-state index contributed by atoms with van der Waals surface area (Å²) in [4.78, 5) is 0. The second-order valence-corrected chi connectivity index (χ2v) is 4.90. The van der Waals surface area contributed by atoms with Gasteiger partial charge in [0.1, 0.15) is 11.5 Å². The maximum atomic E-state index is 6.34. The van der Waals surface area contributed by atoms with E-state index in [0.717, 1.165) is 35.7 Å². The zero-order valence-electron chi connectivity index (χ0n) is 12.7. The summed E-state index contributed by atoms with van der Waals surface area (Å²) in [6, 6.07) is 15.7. The van der Waals surface area contributed by atoms with Crippen LogP contribution in [0.25, 0.3) is 0 Å². The highest BCUT2D eigenvalue weighted by Gasteiger charge is 2.10. The van der Waals surface area contributed by atoms with Crippen molar-refractivity contribution in [2.24, 2.45) is 5.73 Å². The van der Waals surface area contributed by atoms with E-state index in [2.05, 4.69) is 6.92 Å². The maximum absolute atomic E-state index is 6.34. The molecule has 0 spiro atoms. The molecular formula is C18H23NO2. The second kappa shape index (κ2) is 7.70. The maximum Gasteiger partial charge on any atom is 0.119 e. The van der Waals surface area contributed by atoms with Gasteiger partial charge in [0.05, 0.1) is 19.3 Å². The van der Waals surface area contributed by atoms with E-state index in [9.17, 15) is 0 Å². The summed E-state index contributed by atoms with van der Waals surface area (Å²) >= 11 is 0. The average molecular weight is 285 g/mol. The summed E-state index contributed by atoms with van der Waals surface area (Å²) < 4.78 is 11.1. The first-order valence-electron chi connectivity index (χ1n) is 7.45. The van der Waals surface area contributed by atoms with Gasteiger partial charge in [0.15, 0.2) is 0 Å². The molecule has 0 fully saturated rings. The summed E-state index contributed by atoms with van der Waals surface area (Å²) in [5.74, 6) is 1.74. The smallest absolute Gasteiger partial charge is 0.119 e. The highest BCUT2D eigenvalue weighted by molar-refractivity contribution is 5.38. The Balaban J connectivity index is 2.13. The topological polar surface area (TPSA) is 44.5 Å². The summed E-state index contributed by atoms with van der Waals surface area (Å²) in [6.07, 6.45) is 0.995. The van der Waals surface area contributed by atoms with Crippen molar-refractivity contribution in [1.82, 2.24) is 0 Å². The molecule has 2 N–H and O–H groups in total. The molecule has 0 aliphatic rings. The summed E-state index contributed by atoms with van der Waals surface area (Å²) in [6.45, 7) is 5.46. The molecule has 112 valence electrons. The fraction of sp³-hybridized carbons (Fsp3) is 0.333. The van der Waals surface area contributed by atoms with Gasteiger partial charge in [0, 0.05) is 0 Å². The van der Waals surface area contributed by atoms with Crippen molar-refractivity contribution in [3.05, 3.63) is 59.7 Å². The van der Waals surface area contributed by atoms with E-state index in [1.807, 2.05) is 55.5 Å². The average Bonchev–Trinajstić information content (AvgIpc) is 2.53. The lowest BCUT2D eigenvalue weighted by atomic mass is 9.99. The van der Waals surface area contributed by atoms with Gasteiger partial charge in [-0.15, -0.1) is 0 Å². The van der Waals surface area contributed by atoms with Crippen molar-refractivity contribution >= 4 is 0 Å². The Hall–Kier alpha value is -2.00. The minimum absolute atomic E-state index is 0.161. The first kappa shape index (κ1) is 15.4. The summed E-state index contributed by atoms with van der Waals surface area (Å²) in [7, 11) is 0. The Labute approximate surface area is 126 Å². The first-order valence-corrected chi connectivity index (χ1v) is 7.45. The van der Waals surface area contributed by atoms with Crippen LogP contribution in [0, 0.1) is 0 Å². The van der Waals surface area contributed by atoms with E-state index < -0.39 is 0 Å². The van der Waals surface area contributed by atoms with Gasteiger partial charge in [-0.1, -0.05) is 31.2 Å². The van der Waals surface area contributed by atoms with Crippen LogP contribution in [0.1, 0.15) is 37.4 Å². The number of ether oxygens (including phenoxy) is 2. The molecule has 0 saturated carbocycles. The Morgan fingerprint density at radius 2 is 1.67 bits per heavy atom. The fourth-order valence-electron chi connectivity index (χ4n) is 2.15. The van der Waals surface area contributed by atoms with Crippen molar-refractivity contribution in [2.45, 2.75) is 26.3 Å². The van der Waals surface area contributed by atoms with Crippen LogP contribution in [0.2, 0.25) is 0 Å². The lowest BCUT2D eigenvalue weighted by Crippen LogP contribution is -2.12. The van der Waals surface area contributed by atoms with Gasteiger partial charge in [0.25, 0.3) is 0 Å². The highest BCUT2D eigenvalue weighted by Crippen LogP contribution is 2.25. The summed E-state index contributed by atoms with van der Waals surface area (Å²) in [5, 5.41) is 0. The Kier molecular flexibility index (Phi) is 5.64. The molecule has 1 atom stereocenters. The zero-order chi connectivity index (χ0) is 15.1. The number of rotatable bonds is 7. The number of hydrogen-bond acceptors (Lipinski definition) is 3. The van der Waals surface area contributed by atoms with Crippen LogP contribution in [0.3, 0.4) is 0 Å². The van der Waals surface area contributed by atoms with Crippen molar-refractivity contribution in [3.63, 3.8) is 0 Å². The molecule has 0 aromatic heterocycles. The van der Waals surface area contributed by atoms with Crippen LogP contribution in [0.15, 0.2) is 48.5 Å². The molecule has 0 aliphatic heterocycles. The molecule has 2 rings (SSSR count). The van der Waals surface area contributed by atoms with Crippen molar-refractivity contribution in [3.8, 4) is 11.5 Å².